The summed E-state index contributed by atoms with van der Waals surface area (Å²) >= 11 is 0. The lowest BCUT2D eigenvalue weighted by molar-refractivity contribution is -0.140. The SMILES string of the molecule is C=C(C)C(=O)OCCN(C(=O)Nc1ccc(Cc2ccc(NC(=O)OCCCCOC(=O)Nc3ccc(Cc4ccc(NC(=O)N(CCOC(=O)C(=C)C)C(C)(C)C)cc4)cc3)cc2)cc1)C(C)(C)C. The number of carbonyl (C=O) groups is 6. The summed E-state index contributed by atoms with van der Waals surface area (Å²) in [4.78, 5) is 77.8. The maximum absolute atomic E-state index is 13.1. The van der Waals surface area contributed by atoms with E-state index in [0.29, 0.717) is 59.6 Å². The number of hydrogen-bond acceptors (Lipinski definition) is 10. The fourth-order valence-electron chi connectivity index (χ4n) is 6.71. The molecule has 4 aromatic rings. The molecule has 0 spiro atoms. The Hall–Kier alpha value is -7.62. The molecule has 0 atom stereocenters. The highest BCUT2D eigenvalue weighted by atomic mass is 16.6. The van der Waals surface area contributed by atoms with E-state index in [1.165, 1.54) is 0 Å². The van der Waals surface area contributed by atoms with Crippen molar-refractivity contribution in [1.29, 1.82) is 0 Å². The lowest BCUT2D eigenvalue weighted by atomic mass is 10.0. The van der Waals surface area contributed by atoms with Gasteiger partial charge in [0.2, 0.25) is 0 Å². The van der Waals surface area contributed by atoms with Crippen LogP contribution in [0.5, 0.6) is 0 Å². The molecule has 0 radical (unpaired) electrons. The van der Waals surface area contributed by atoms with Crippen molar-refractivity contribution in [3.05, 3.63) is 144 Å². The quantitative estimate of drug-likeness (QED) is 0.0270. The van der Waals surface area contributed by atoms with Crippen LogP contribution in [0.25, 0.3) is 0 Å². The fraction of sp³-hybridized carbons (Fsp3) is 0.370. The Kier molecular flexibility index (Phi) is 20.6. The van der Waals surface area contributed by atoms with Crippen LogP contribution < -0.4 is 21.3 Å². The van der Waals surface area contributed by atoms with E-state index in [0.717, 1.165) is 22.3 Å². The van der Waals surface area contributed by atoms with Crippen molar-refractivity contribution in [2.75, 3.05) is 60.8 Å². The zero-order valence-corrected chi connectivity index (χ0v) is 41.7. The van der Waals surface area contributed by atoms with Crippen molar-refractivity contribution in [1.82, 2.24) is 9.80 Å². The molecule has 4 N–H and O–H groups in total. The molecule has 0 aromatic heterocycles. The normalized spacial score (nSPS) is 11.0. The third-order valence-corrected chi connectivity index (χ3v) is 10.5. The van der Waals surface area contributed by atoms with Gasteiger partial charge >= 0.3 is 36.2 Å². The molecule has 0 fully saturated rings. The third-order valence-electron chi connectivity index (χ3n) is 10.5. The van der Waals surface area contributed by atoms with Crippen LogP contribution in [0.15, 0.2) is 121 Å². The molecular weight excluding hydrogens is 893 g/mol. The van der Waals surface area contributed by atoms with E-state index in [1.54, 1.807) is 47.9 Å². The number of amides is 6. The Morgan fingerprint density at radius 2 is 0.700 bits per heavy atom. The summed E-state index contributed by atoms with van der Waals surface area (Å²) in [7, 11) is 0. The van der Waals surface area contributed by atoms with E-state index in [2.05, 4.69) is 34.4 Å². The van der Waals surface area contributed by atoms with E-state index in [-0.39, 0.29) is 51.6 Å². The van der Waals surface area contributed by atoms with E-state index < -0.39 is 35.2 Å². The molecule has 0 saturated carbocycles. The number of unbranched alkanes of at least 4 members (excludes halogenated alkanes) is 1. The van der Waals surface area contributed by atoms with Crippen LogP contribution in [0.2, 0.25) is 0 Å². The largest absolute Gasteiger partial charge is 0.460 e. The smallest absolute Gasteiger partial charge is 0.411 e. The Labute approximate surface area is 411 Å². The van der Waals surface area contributed by atoms with Gasteiger partial charge in [0, 0.05) is 45.0 Å². The highest BCUT2D eigenvalue weighted by Gasteiger charge is 2.28. The van der Waals surface area contributed by atoms with Gasteiger partial charge in [0.05, 0.1) is 26.3 Å². The minimum Gasteiger partial charge on any atom is -0.460 e. The molecule has 0 aliphatic carbocycles. The summed E-state index contributed by atoms with van der Waals surface area (Å²) in [5, 5.41) is 11.3. The molecule has 4 rings (SSSR count). The Bertz CT molecular complexity index is 2250. The van der Waals surface area contributed by atoms with Gasteiger partial charge in [-0.05, 0) is 152 Å². The van der Waals surface area contributed by atoms with Gasteiger partial charge in [0.1, 0.15) is 13.2 Å². The molecule has 16 heteroatoms. The predicted octanol–water partition coefficient (Wildman–Crippen LogP) is 10.9. The number of ether oxygens (including phenoxy) is 4. The lowest BCUT2D eigenvalue weighted by Gasteiger charge is -2.35. The highest BCUT2D eigenvalue weighted by Crippen LogP contribution is 2.21. The van der Waals surface area contributed by atoms with Crippen molar-refractivity contribution in [2.24, 2.45) is 0 Å². The van der Waals surface area contributed by atoms with Gasteiger partial charge in [-0.15, -0.1) is 0 Å². The Morgan fingerprint density at radius 3 is 0.957 bits per heavy atom. The predicted molar refractivity (Wildman–Crippen MR) is 273 cm³/mol. The van der Waals surface area contributed by atoms with E-state index >= 15 is 0 Å². The average Bonchev–Trinajstić information content (AvgIpc) is 3.29. The van der Waals surface area contributed by atoms with Gasteiger partial charge in [0.25, 0.3) is 0 Å². The Morgan fingerprint density at radius 1 is 0.429 bits per heavy atom. The molecule has 0 aliphatic rings. The maximum Gasteiger partial charge on any atom is 0.411 e. The van der Waals surface area contributed by atoms with Crippen LogP contribution in [-0.4, -0.2) is 96.6 Å². The second-order valence-corrected chi connectivity index (χ2v) is 18.7. The summed E-state index contributed by atoms with van der Waals surface area (Å²) < 4.78 is 21.0. The molecule has 0 aliphatic heterocycles. The molecule has 0 unspecified atom stereocenters. The van der Waals surface area contributed by atoms with Crippen LogP contribution in [-0.2, 0) is 41.4 Å². The minimum absolute atomic E-state index is 0.0543. The number of benzene rings is 4. The van der Waals surface area contributed by atoms with Gasteiger partial charge in [0.15, 0.2) is 0 Å². The molecule has 4 aromatic carbocycles. The lowest BCUT2D eigenvalue weighted by Crippen LogP contribution is -2.49. The average molecular weight is 961 g/mol. The maximum atomic E-state index is 13.1. The van der Waals surface area contributed by atoms with Crippen LogP contribution in [0.4, 0.5) is 41.9 Å². The second-order valence-electron chi connectivity index (χ2n) is 18.7. The number of nitrogens with one attached hydrogen (secondary N) is 4. The van der Waals surface area contributed by atoms with E-state index in [9.17, 15) is 28.8 Å². The Balaban J connectivity index is 1.09. The fourth-order valence-corrected chi connectivity index (χ4v) is 6.71. The third kappa shape index (κ3) is 19.2. The van der Waals surface area contributed by atoms with Crippen molar-refractivity contribution in [3.63, 3.8) is 0 Å². The monoisotopic (exact) mass is 960 g/mol. The van der Waals surface area contributed by atoms with Crippen molar-refractivity contribution in [3.8, 4) is 0 Å². The topological polar surface area (TPSA) is 194 Å². The van der Waals surface area contributed by atoms with Crippen LogP contribution in [0.3, 0.4) is 0 Å². The summed E-state index contributed by atoms with van der Waals surface area (Å²) in [5.74, 6) is -0.990. The molecule has 374 valence electrons. The van der Waals surface area contributed by atoms with Gasteiger partial charge in [-0.25, -0.2) is 28.8 Å². The number of rotatable bonds is 21. The van der Waals surface area contributed by atoms with Crippen molar-refractivity contribution >= 4 is 58.9 Å². The summed E-state index contributed by atoms with van der Waals surface area (Å²) in [6.45, 7) is 22.6. The van der Waals surface area contributed by atoms with Crippen molar-refractivity contribution < 1.29 is 47.7 Å². The number of esters is 2. The molecule has 16 nitrogen and oxygen atoms in total. The van der Waals surface area contributed by atoms with Crippen LogP contribution in [0.1, 0.15) is 90.5 Å². The molecule has 6 amide bonds. The van der Waals surface area contributed by atoms with Gasteiger partial charge in [-0.3, -0.25) is 10.6 Å². The zero-order chi connectivity index (χ0) is 51.4. The standard InChI is InChI=1S/C54H68N6O10/c1-37(2)47(61)67-33-29-59(53(5,6)7)49(63)55-43-21-13-39(14-22-43)35-41-17-25-45(26-18-41)57-51(65)69-31-11-12-32-70-52(66)58-46-27-19-42(20-28-46)36-40-15-23-44(24-16-40)56-50(64)60(54(8,9)10)30-34-68-48(62)38(3)4/h13-28H,1,3,11-12,29-36H2,2,4-10H3,(H,55,63)(H,56,64)(H,57,65)(H,58,66). The molecule has 70 heavy (non-hydrogen) atoms. The summed E-state index contributed by atoms with van der Waals surface area (Å²) in [6, 6.07) is 29.3. The summed E-state index contributed by atoms with van der Waals surface area (Å²) in [6.07, 6.45) is 1.08. The number of urea groups is 2. The molecule has 0 saturated heterocycles. The number of carbonyl (C=O) groups excluding carboxylic acids is 6. The van der Waals surface area contributed by atoms with E-state index in [1.807, 2.05) is 114 Å². The molecular formula is C54H68N6O10. The first-order valence-corrected chi connectivity index (χ1v) is 23.1. The number of hydrogen-bond donors (Lipinski definition) is 4. The van der Waals surface area contributed by atoms with Crippen molar-refractivity contribution in [2.45, 2.75) is 92.2 Å². The number of anilines is 4. The van der Waals surface area contributed by atoms with Gasteiger partial charge in [-0.1, -0.05) is 61.7 Å². The first kappa shape index (κ1) is 55.0. The summed E-state index contributed by atoms with van der Waals surface area (Å²) in [5.41, 5.74) is 6.10. The van der Waals surface area contributed by atoms with E-state index in [4.69, 9.17) is 18.9 Å². The van der Waals surface area contributed by atoms with Crippen LogP contribution in [0, 0.1) is 0 Å². The highest BCUT2D eigenvalue weighted by molar-refractivity contribution is 5.91. The zero-order valence-electron chi connectivity index (χ0n) is 41.7. The first-order valence-electron chi connectivity index (χ1n) is 23.1. The molecule has 0 bridgehead atoms. The van der Waals surface area contributed by atoms with Crippen LogP contribution >= 0.6 is 0 Å². The first-order chi connectivity index (χ1) is 33.1. The van der Waals surface area contributed by atoms with Gasteiger partial charge in [-0.2, -0.15) is 0 Å². The minimum atomic E-state index is -0.590. The second kappa shape index (κ2) is 26.2. The number of nitrogens with zero attached hydrogens (tertiary/aromatic N) is 2. The van der Waals surface area contributed by atoms with Gasteiger partial charge < -0.3 is 39.4 Å². The molecule has 0 heterocycles.